The van der Waals surface area contributed by atoms with Crippen molar-refractivity contribution >= 4 is 23.8 Å². The molecule has 174 valence electrons. The zero-order valence-electron chi connectivity index (χ0n) is 19.0. The van der Waals surface area contributed by atoms with E-state index in [0.717, 1.165) is 23.9 Å². The van der Waals surface area contributed by atoms with Crippen LogP contribution in [0.5, 0.6) is 5.88 Å². The van der Waals surface area contributed by atoms with Gasteiger partial charge in [0, 0.05) is 24.8 Å². The lowest BCUT2D eigenvalue weighted by Crippen LogP contribution is -2.36. The van der Waals surface area contributed by atoms with Crippen LogP contribution in [0.3, 0.4) is 0 Å². The van der Waals surface area contributed by atoms with Crippen LogP contribution in [-0.2, 0) is 6.54 Å². The van der Waals surface area contributed by atoms with Crippen LogP contribution < -0.4 is 9.64 Å². The van der Waals surface area contributed by atoms with Crippen molar-refractivity contribution in [2.24, 2.45) is 0 Å². The molecule has 1 aliphatic heterocycles. The van der Waals surface area contributed by atoms with E-state index in [-0.39, 0.29) is 11.7 Å². The Hall–Kier alpha value is -4.08. The molecule has 5 rings (SSSR count). The molecule has 0 N–H and O–H groups in total. The Morgan fingerprint density at radius 2 is 1.91 bits per heavy atom. The maximum absolute atomic E-state index is 14.5. The van der Waals surface area contributed by atoms with Gasteiger partial charge < -0.3 is 14.2 Å². The number of imidazole rings is 1. The third-order valence-corrected chi connectivity index (χ3v) is 5.70. The van der Waals surface area contributed by atoms with Crippen molar-refractivity contribution in [2.75, 3.05) is 12.0 Å². The Kier molecular flexibility index (Phi) is 5.56. The predicted octanol–water partition coefficient (Wildman–Crippen LogP) is 4.55. The molecule has 0 saturated heterocycles. The number of nitrogens with zero attached hydrogens (tertiary/aromatic N) is 7. The second kappa shape index (κ2) is 8.69. The van der Waals surface area contributed by atoms with Gasteiger partial charge in [0.25, 0.3) is 0 Å². The molecule has 3 aromatic heterocycles. The van der Waals surface area contributed by atoms with Gasteiger partial charge in [-0.3, -0.25) is 0 Å². The van der Waals surface area contributed by atoms with E-state index in [1.54, 1.807) is 35.2 Å². The molecule has 1 aromatic carbocycles. The van der Waals surface area contributed by atoms with Crippen LogP contribution in [0.1, 0.15) is 30.6 Å². The summed E-state index contributed by atoms with van der Waals surface area (Å²) in [6.45, 7) is 4.55. The van der Waals surface area contributed by atoms with Crippen LogP contribution in [0, 0.1) is 18.6 Å². The lowest BCUT2D eigenvalue weighted by molar-refractivity contribution is 0.395. The van der Waals surface area contributed by atoms with Gasteiger partial charge in [-0.25, -0.2) is 23.4 Å². The predicted molar refractivity (Wildman–Crippen MR) is 124 cm³/mol. The number of aromatic nitrogens is 6. The highest BCUT2D eigenvalue weighted by atomic mass is 19.1. The number of hydrogen-bond acceptors (Lipinski definition) is 6. The van der Waals surface area contributed by atoms with Crippen molar-refractivity contribution in [3.63, 3.8) is 0 Å². The van der Waals surface area contributed by atoms with Crippen LogP contribution >= 0.6 is 0 Å². The maximum Gasteiger partial charge on any atom is 0.238 e. The first-order chi connectivity index (χ1) is 16.4. The van der Waals surface area contributed by atoms with Gasteiger partial charge in [-0.1, -0.05) is 0 Å². The molecule has 0 fully saturated rings. The SMILES string of the molecule is COc1nc(/C=C/c2nc3n(n2)CC[C@@H](C)N3c2ccc(F)cc2F)ccc1-n1cnc(C)c1. The van der Waals surface area contributed by atoms with Gasteiger partial charge in [0.1, 0.15) is 17.3 Å². The van der Waals surface area contributed by atoms with Crippen LogP contribution in [0.4, 0.5) is 20.4 Å². The third-order valence-electron chi connectivity index (χ3n) is 5.70. The van der Waals surface area contributed by atoms with Gasteiger partial charge in [-0.15, -0.1) is 5.10 Å². The van der Waals surface area contributed by atoms with Crippen molar-refractivity contribution in [2.45, 2.75) is 32.9 Å². The zero-order chi connectivity index (χ0) is 23.8. The summed E-state index contributed by atoms with van der Waals surface area (Å²) >= 11 is 0. The number of ether oxygens (including phenoxy) is 1. The van der Waals surface area contributed by atoms with Crippen molar-refractivity contribution < 1.29 is 13.5 Å². The lowest BCUT2D eigenvalue weighted by atomic mass is 10.1. The summed E-state index contributed by atoms with van der Waals surface area (Å²) in [4.78, 5) is 15.2. The topological polar surface area (TPSA) is 73.9 Å². The normalized spacial score (nSPS) is 15.7. The molecule has 0 aliphatic carbocycles. The maximum atomic E-state index is 14.5. The molecular formula is C24H23F2N7O. The Morgan fingerprint density at radius 3 is 2.65 bits per heavy atom. The highest BCUT2D eigenvalue weighted by Crippen LogP contribution is 2.34. The number of rotatable bonds is 5. The summed E-state index contributed by atoms with van der Waals surface area (Å²) in [5.74, 6) is 0.188. The first kappa shape index (κ1) is 21.7. The van der Waals surface area contributed by atoms with Crippen LogP contribution in [0.2, 0.25) is 0 Å². The molecule has 0 saturated carbocycles. The summed E-state index contributed by atoms with van der Waals surface area (Å²) in [5, 5.41) is 4.54. The molecule has 8 nitrogen and oxygen atoms in total. The van der Waals surface area contributed by atoms with Gasteiger partial charge in [0.05, 0.1) is 30.5 Å². The van der Waals surface area contributed by atoms with E-state index >= 15 is 0 Å². The Bertz CT molecular complexity index is 1380. The second-order valence-electron chi connectivity index (χ2n) is 8.12. The molecule has 4 heterocycles. The summed E-state index contributed by atoms with van der Waals surface area (Å²) in [5.41, 5.74) is 2.61. The fraction of sp³-hybridized carbons (Fsp3) is 0.250. The average molecular weight is 463 g/mol. The first-order valence-corrected chi connectivity index (χ1v) is 10.9. The molecule has 1 atom stereocenters. The first-order valence-electron chi connectivity index (χ1n) is 10.9. The van der Waals surface area contributed by atoms with Gasteiger partial charge in [0.15, 0.2) is 5.82 Å². The molecule has 0 bridgehead atoms. The molecule has 10 heteroatoms. The third kappa shape index (κ3) is 4.02. The molecule has 0 radical (unpaired) electrons. The molecule has 34 heavy (non-hydrogen) atoms. The Labute approximate surface area is 195 Å². The fourth-order valence-electron chi connectivity index (χ4n) is 4.01. The molecule has 0 spiro atoms. The molecule has 0 amide bonds. The van der Waals surface area contributed by atoms with Crippen molar-refractivity contribution in [3.05, 3.63) is 71.7 Å². The van der Waals surface area contributed by atoms with Crippen molar-refractivity contribution in [1.82, 2.24) is 29.3 Å². The van der Waals surface area contributed by atoms with E-state index in [2.05, 4.69) is 20.1 Å². The molecule has 4 aromatic rings. The van der Waals surface area contributed by atoms with Gasteiger partial charge >= 0.3 is 0 Å². The van der Waals surface area contributed by atoms with Gasteiger partial charge in [-0.2, -0.15) is 4.98 Å². The largest absolute Gasteiger partial charge is 0.479 e. The van der Waals surface area contributed by atoms with E-state index in [0.29, 0.717) is 29.9 Å². The quantitative estimate of drug-likeness (QED) is 0.432. The molecule has 0 unspecified atom stereocenters. The minimum Gasteiger partial charge on any atom is -0.479 e. The highest BCUT2D eigenvalue weighted by molar-refractivity contribution is 5.67. The molecule has 1 aliphatic rings. The van der Waals surface area contributed by atoms with Gasteiger partial charge in [-0.05, 0) is 56.7 Å². The number of pyridine rings is 1. The second-order valence-corrected chi connectivity index (χ2v) is 8.12. The minimum absolute atomic E-state index is 0.0150. The van der Waals surface area contributed by atoms with Gasteiger partial charge in [0.2, 0.25) is 11.8 Å². The van der Waals surface area contributed by atoms with E-state index in [1.165, 1.54) is 12.1 Å². The number of benzene rings is 1. The van der Waals surface area contributed by atoms with Crippen LogP contribution in [-0.4, -0.2) is 42.5 Å². The number of fused-ring (bicyclic) bond motifs is 1. The van der Waals surface area contributed by atoms with Crippen molar-refractivity contribution in [3.8, 4) is 11.6 Å². The summed E-state index contributed by atoms with van der Waals surface area (Å²) < 4.78 is 37.0. The monoisotopic (exact) mass is 463 g/mol. The highest BCUT2D eigenvalue weighted by Gasteiger charge is 2.29. The van der Waals surface area contributed by atoms with Crippen molar-refractivity contribution in [1.29, 1.82) is 0 Å². The number of halogens is 2. The number of anilines is 2. The minimum atomic E-state index is -0.634. The van der Waals surface area contributed by atoms with Crippen LogP contribution in [0.15, 0.2) is 42.9 Å². The van der Waals surface area contributed by atoms with Crippen LogP contribution in [0.25, 0.3) is 17.8 Å². The average Bonchev–Trinajstić information content (AvgIpc) is 3.44. The molecular weight excluding hydrogens is 440 g/mol. The zero-order valence-corrected chi connectivity index (χ0v) is 19.0. The Balaban J connectivity index is 1.44. The summed E-state index contributed by atoms with van der Waals surface area (Å²) in [6, 6.07) is 7.31. The Morgan fingerprint density at radius 1 is 1.09 bits per heavy atom. The summed E-state index contributed by atoms with van der Waals surface area (Å²) in [6.07, 6.45) is 7.90. The standard InChI is InChI=1S/C24H23F2N7O/c1-15-13-31(14-27-15)21-8-5-18(28-23(21)34-3)6-9-22-29-24-32(30-22)11-10-16(2)33(24)20-7-4-17(25)12-19(20)26/h4-9,12-14,16H,10-11H2,1-3H3/b9-6+/t16-/m1/s1. The number of methoxy groups -OCH3 is 1. The van der Waals surface area contributed by atoms with E-state index < -0.39 is 11.6 Å². The fourth-order valence-corrected chi connectivity index (χ4v) is 4.01. The number of hydrogen-bond donors (Lipinski definition) is 0. The summed E-state index contributed by atoms with van der Waals surface area (Å²) in [7, 11) is 1.57. The smallest absolute Gasteiger partial charge is 0.238 e. The van der Waals surface area contributed by atoms with E-state index in [4.69, 9.17) is 4.74 Å². The van der Waals surface area contributed by atoms with E-state index in [1.807, 2.05) is 36.7 Å². The lowest BCUT2D eigenvalue weighted by Gasteiger charge is -2.34. The number of aryl methyl sites for hydroxylation is 2. The van der Waals surface area contributed by atoms with E-state index in [9.17, 15) is 8.78 Å².